The van der Waals surface area contributed by atoms with Gasteiger partial charge in [0.2, 0.25) is 0 Å². The number of hydrogen-bond donors (Lipinski definition) is 1. The van der Waals surface area contributed by atoms with E-state index < -0.39 is 0 Å². The molecule has 0 aliphatic rings. The van der Waals surface area contributed by atoms with E-state index in [9.17, 15) is 0 Å². The third kappa shape index (κ3) is 3.86. The van der Waals surface area contributed by atoms with Crippen molar-refractivity contribution in [1.82, 2.24) is 4.57 Å². The first-order valence-electron chi connectivity index (χ1n) is 6.63. The van der Waals surface area contributed by atoms with Crippen LogP contribution in [0.15, 0.2) is 48.8 Å². The van der Waals surface area contributed by atoms with Gasteiger partial charge in [0, 0.05) is 37.4 Å². The zero-order valence-electron chi connectivity index (χ0n) is 11.9. The molecule has 1 aromatic heterocycles. The normalized spacial score (nSPS) is 11.5. The topological polar surface area (TPSA) is 26.2 Å². The first-order chi connectivity index (χ1) is 9.11. The molecule has 0 spiro atoms. The van der Waals surface area contributed by atoms with Gasteiger partial charge >= 0.3 is 0 Å². The average molecular weight is 258 g/mol. The number of nitrogens with one attached hydrogen (secondary N) is 1. The summed E-state index contributed by atoms with van der Waals surface area (Å²) in [6.07, 6.45) is 5.07. The van der Waals surface area contributed by atoms with E-state index in [0.717, 1.165) is 18.7 Å². The molecule has 0 aliphatic heterocycles. The molecule has 19 heavy (non-hydrogen) atoms. The van der Waals surface area contributed by atoms with Gasteiger partial charge in [-0.1, -0.05) is 6.07 Å². The van der Waals surface area contributed by atoms with E-state index in [1.165, 1.54) is 5.69 Å². The molecule has 2 aromatic rings. The molecule has 0 saturated heterocycles. The molecule has 0 aliphatic carbocycles. The van der Waals surface area contributed by atoms with Crippen molar-refractivity contribution in [3.63, 3.8) is 0 Å². The van der Waals surface area contributed by atoms with Crippen LogP contribution < -0.4 is 5.32 Å². The number of nitrogens with zero attached hydrogens (tertiary/aromatic N) is 1. The van der Waals surface area contributed by atoms with Gasteiger partial charge in [-0.25, -0.2) is 0 Å². The van der Waals surface area contributed by atoms with Crippen LogP contribution in [0.5, 0.6) is 0 Å². The largest absolute Gasteiger partial charge is 0.385 e. The number of ether oxygens (including phenoxy) is 1. The van der Waals surface area contributed by atoms with Crippen LogP contribution in [-0.4, -0.2) is 23.8 Å². The fraction of sp³-hybridized carbons (Fsp3) is 0.375. The minimum Gasteiger partial charge on any atom is -0.385 e. The van der Waals surface area contributed by atoms with Gasteiger partial charge in [-0.05, 0) is 50.6 Å². The van der Waals surface area contributed by atoms with Gasteiger partial charge in [-0.3, -0.25) is 0 Å². The zero-order chi connectivity index (χ0) is 13.7. The van der Waals surface area contributed by atoms with Crippen LogP contribution in [0, 0.1) is 0 Å². The zero-order valence-corrected chi connectivity index (χ0v) is 11.9. The molecule has 102 valence electrons. The Balaban J connectivity index is 1.97. The van der Waals surface area contributed by atoms with Crippen molar-refractivity contribution in [1.29, 1.82) is 0 Å². The van der Waals surface area contributed by atoms with Crippen molar-refractivity contribution >= 4 is 5.69 Å². The quantitative estimate of drug-likeness (QED) is 0.855. The lowest BCUT2D eigenvalue weighted by molar-refractivity contribution is 0.0185. The Morgan fingerprint density at radius 2 is 1.89 bits per heavy atom. The van der Waals surface area contributed by atoms with Crippen molar-refractivity contribution in [2.24, 2.45) is 0 Å². The van der Waals surface area contributed by atoms with Crippen LogP contribution in [0.4, 0.5) is 5.69 Å². The van der Waals surface area contributed by atoms with Gasteiger partial charge in [0.15, 0.2) is 0 Å². The number of hydrogen-bond acceptors (Lipinski definition) is 2. The smallest absolute Gasteiger partial charge is 0.0639 e. The van der Waals surface area contributed by atoms with Crippen molar-refractivity contribution in [2.75, 3.05) is 19.0 Å². The summed E-state index contributed by atoms with van der Waals surface area (Å²) in [7, 11) is 1.76. The van der Waals surface area contributed by atoms with Crippen molar-refractivity contribution in [3.05, 3.63) is 48.8 Å². The minimum absolute atomic E-state index is 0.0783. The lowest BCUT2D eigenvalue weighted by atomic mass is 10.1. The molecule has 0 bridgehead atoms. The van der Waals surface area contributed by atoms with Crippen LogP contribution >= 0.6 is 0 Å². The van der Waals surface area contributed by atoms with E-state index in [1.807, 2.05) is 24.5 Å². The Labute approximate surface area is 115 Å². The summed E-state index contributed by atoms with van der Waals surface area (Å²) in [6, 6.07) is 12.5. The SMILES string of the molecule is COC(C)(C)CCNc1cccc(-n2cccc2)c1. The van der Waals surface area contributed by atoms with Crippen LogP contribution in [0.1, 0.15) is 20.3 Å². The Morgan fingerprint density at radius 3 is 2.58 bits per heavy atom. The summed E-state index contributed by atoms with van der Waals surface area (Å²) in [4.78, 5) is 0. The lowest BCUT2D eigenvalue weighted by Crippen LogP contribution is -2.25. The number of methoxy groups -OCH3 is 1. The monoisotopic (exact) mass is 258 g/mol. The Morgan fingerprint density at radius 1 is 1.16 bits per heavy atom. The van der Waals surface area contributed by atoms with Gasteiger partial charge in [-0.15, -0.1) is 0 Å². The third-order valence-corrected chi connectivity index (χ3v) is 3.36. The van der Waals surface area contributed by atoms with Crippen molar-refractivity contribution in [2.45, 2.75) is 25.9 Å². The predicted molar refractivity (Wildman–Crippen MR) is 80.0 cm³/mol. The molecule has 0 atom stereocenters. The van der Waals surface area contributed by atoms with E-state index in [4.69, 9.17) is 4.74 Å². The summed E-state index contributed by atoms with van der Waals surface area (Å²) in [5.41, 5.74) is 2.23. The summed E-state index contributed by atoms with van der Waals surface area (Å²) in [6.45, 7) is 5.10. The van der Waals surface area contributed by atoms with E-state index in [-0.39, 0.29) is 5.60 Å². The summed E-state index contributed by atoms with van der Waals surface area (Å²) in [5, 5.41) is 3.44. The first-order valence-corrected chi connectivity index (χ1v) is 6.63. The second-order valence-corrected chi connectivity index (χ2v) is 5.28. The molecule has 0 radical (unpaired) electrons. The molecule has 3 heteroatoms. The Bertz CT molecular complexity index is 503. The highest BCUT2D eigenvalue weighted by Gasteiger charge is 2.15. The van der Waals surface area contributed by atoms with E-state index >= 15 is 0 Å². The maximum atomic E-state index is 5.41. The van der Waals surface area contributed by atoms with E-state index in [1.54, 1.807) is 7.11 Å². The molecule has 3 nitrogen and oxygen atoms in total. The van der Waals surface area contributed by atoms with Gasteiger partial charge in [0.05, 0.1) is 5.60 Å². The number of rotatable bonds is 6. The lowest BCUT2D eigenvalue weighted by Gasteiger charge is -2.23. The van der Waals surface area contributed by atoms with Crippen molar-refractivity contribution < 1.29 is 4.74 Å². The first kappa shape index (κ1) is 13.7. The van der Waals surface area contributed by atoms with Gasteiger partial charge in [0.25, 0.3) is 0 Å². The highest BCUT2D eigenvalue weighted by atomic mass is 16.5. The number of aromatic nitrogens is 1. The molecule has 0 unspecified atom stereocenters. The molecule has 0 amide bonds. The van der Waals surface area contributed by atoms with Gasteiger partial charge < -0.3 is 14.6 Å². The summed E-state index contributed by atoms with van der Waals surface area (Å²) < 4.78 is 7.52. The molecule has 1 N–H and O–H groups in total. The molecule has 1 heterocycles. The minimum atomic E-state index is -0.0783. The number of anilines is 1. The molecular weight excluding hydrogens is 236 g/mol. The molecule has 2 rings (SSSR count). The van der Waals surface area contributed by atoms with E-state index in [2.05, 4.69) is 48.0 Å². The maximum Gasteiger partial charge on any atom is 0.0639 e. The maximum absolute atomic E-state index is 5.41. The van der Waals surface area contributed by atoms with Crippen LogP contribution in [-0.2, 0) is 4.74 Å². The summed E-state index contributed by atoms with van der Waals surface area (Å²) in [5.74, 6) is 0. The second kappa shape index (κ2) is 5.93. The molecular formula is C16H22N2O. The number of benzene rings is 1. The Kier molecular flexibility index (Phi) is 4.27. The van der Waals surface area contributed by atoms with Gasteiger partial charge in [0.1, 0.15) is 0 Å². The van der Waals surface area contributed by atoms with Crippen LogP contribution in [0.3, 0.4) is 0 Å². The Hall–Kier alpha value is -1.74. The summed E-state index contributed by atoms with van der Waals surface area (Å²) >= 11 is 0. The predicted octanol–water partition coefficient (Wildman–Crippen LogP) is 3.70. The van der Waals surface area contributed by atoms with Crippen LogP contribution in [0.25, 0.3) is 5.69 Å². The molecule has 1 aromatic carbocycles. The van der Waals surface area contributed by atoms with Gasteiger partial charge in [-0.2, -0.15) is 0 Å². The fourth-order valence-corrected chi connectivity index (χ4v) is 1.89. The average Bonchev–Trinajstić information content (AvgIpc) is 2.93. The fourth-order valence-electron chi connectivity index (χ4n) is 1.89. The second-order valence-electron chi connectivity index (χ2n) is 5.28. The third-order valence-electron chi connectivity index (χ3n) is 3.36. The highest BCUT2D eigenvalue weighted by molar-refractivity contribution is 5.51. The standard InChI is InChI=1S/C16H22N2O/c1-16(2,19-3)9-10-17-14-7-6-8-15(13-14)18-11-4-5-12-18/h4-8,11-13,17H,9-10H2,1-3H3. The van der Waals surface area contributed by atoms with E-state index in [0.29, 0.717) is 0 Å². The molecule has 0 saturated carbocycles. The molecule has 0 fully saturated rings. The highest BCUT2D eigenvalue weighted by Crippen LogP contribution is 2.17. The van der Waals surface area contributed by atoms with Crippen molar-refractivity contribution in [3.8, 4) is 5.69 Å². The van der Waals surface area contributed by atoms with Crippen LogP contribution in [0.2, 0.25) is 0 Å².